The monoisotopic (exact) mass is 278 g/mol. The minimum absolute atomic E-state index is 0.106. The number of likely N-dealkylation sites (N-methyl/N-ethyl adjacent to an activating group) is 1. The Bertz CT molecular complexity index is 372. The van der Waals surface area contributed by atoms with Crippen LogP contribution >= 0.6 is 0 Å². The molecule has 0 aliphatic carbocycles. The third kappa shape index (κ3) is 4.47. The maximum atomic E-state index is 8.70. The molecule has 1 N–H and O–H groups in total. The Balaban J connectivity index is 1.81. The molecule has 2 rings (SSSR count). The summed E-state index contributed by atoms with van der Waals surface area (Å²) in [4.78, 5) is 4.85. The molecule has 0 saturated carbocycles. The van der Waals surface area contributed by atoms with E-state index in [0.717, 1.165) is 19.6 Å². The van der Waals surface area contributed by atoms with Gasteiger partial charge in [0.2, 0.25) is 0 Å². The van der Waals surface area contributed by atoms with Crippen LogP contribution in [0.4, 0.5) is 5.69 Å². The molecule has 1 aromatic carbocycles. The second-order valence-electron chi connectivity index (χ2n) is 5.39. The normalized spacial score (nSPS) is 19.6. The molecule has 4 nitrogen and oxygen atoms in total. The molecule has 0 amide bonds. The lowest BCUT2D eigenvalue weighted by molar-refractivity contribution is 0.0686. The molecule has 1 aromatic rings. The van der Waals surface area contributed by atoms with Crippen LogP contribution in [0.5, 0.6) is 0 Å². The summed E-state index contributed by atoms with van der Waals surface area (Å²) in [5, 5.41) is 8.70. The molecular weight excluding hydrogens is 252 g/mol. The number of para-hydroxylation sites is 1. The average molecular weight is 278 g/mol. The van der Waals surface area contributed by atoms with Crippen LogP contribution in [0.3, 0.4) is 0 Å². The van der Waals surface area contributed by atoms with E-state index in [0.29, 0.717) is 19.3 Å². The van der Waals surface area contributed by atoms with Gasteiger partial charge in [-0.3, -0.25) is 4.90 Å². The van der Waals surface area contributed by atoms with Gasteiger partial charge in [0, 0.05) is 31.4 Å². The molecule has 1 aliphatic heterocycles. The zero-order chi connectivity index (χ0) is 14.2. The number of aliphatic hydroxyl groups excluding tert-OH is 1. The number of hydrogen-bond acceptors (Lipinski definition) is 4. The highest BCUT2D eigenvalue weighted by Crippen LogP contribution is 2.21. The highest BCUT2D eigenvalue weighted by atomic mass is 16.5. The van der Waals surface area contributed by atoms with Crippen LogP contribution in [-0.4, -0.2) is 62.6 Å². The van der Waals surface area contributed by atoms with Gasteiger partial charge in [0.25, 0.3) is 0 Å². The van der Waals surface area contributed by atoms with E-state index in [4.69, 9.17) is 9.84 Å². The minimum atomic E-state index is 0.106. The second kappa shape index (κ2) is 8.25. The van der Waals surface area contributed by atoms with E-state index in [2.05, 4.69) is 47.2 Å². The van der Waals surface area contributed by atoms with Crippen LogP contribution in [0.15, 0.2) is 30.3 Å². The fourth-order valence-corrected chi connectivity index (χ4v) is 2.75. The molecule has 0 aromatic heterocycles. The van der Waals surface area contributed by atoms with Crippen molar-refractivity contribution in [2.45, 2.75) is 18.9 Å². The quantitative estimate of drug-likeness (QED) is 0.769. The largest absolute Gasteiger partial charge is 0.394 e. The standard InChI is InChI=1S/C16H26N2O2/c1-17(10-12-20-13-11-19)16-8-5-9-18(14-16)15-6-3-2-4-7-15/h2-4,6-7,16,19H,5,8-14H2,1H3. The van der Waals surface area contributed by atoms with E-state index in [9.17, 15) is 0 Å². The number of aliphatic hydroxyl groups is 1. The number of ether oxygens (including phenoxy) is 1. The van der Waals surface area contributed by atoms with Gasteiger partial charge in [-0.1, -0.05) is 18.2 Å². The number of rotatable bonds is 7. The number of nitrogens with zero attached hydrogens (tertiary/aromatic N) is 2. The Labute approximate surface area is 122 Å². The molecule has 0 radical (unpaired) electrons. The highest BCUT2D eigenvalue weighted by molar-refractivity contribution is 5.46. The molecule has 1 heterocycles. The molecule has 20 heavy (non-hydrogen) atoms. The molecule has 112 valence electrons. The van der Waals surface area contributed by atoms with Gasteiger partial charge in [-0.05, 0) is 32.0 Å². The first-order chi connectivity index (χ1) is 9.81. The fourth-order valence-electron chi connectivity index (χ4n) is 2.75. The van der Waals surface area contributed by atoms with E-state index in [1.54, 1.807) is 0 Å². The topological polar surface area (TPSA) is 35.9 Å². The van der Waals surface area contributed by atoms with Crippen molar-refractivity contribution >= 4 is 5.69 Å². The number of hydrogen-bond donors (Lipinski definition) is 1. The zero-order valence-electron chi connectivity index (χ0n) is 12.4. The van der Waals surface area contributed by atoms with E-state index in [-0.39, 0.29) is 6.61 Å². The number of anilines is 1. The van der Waals surface area contributed by atoms with Crippen molar-refractivity contribution in [1.82, 2.24) is 4.90 Å². The van der Waals surface area contributed by atoms with Gasteiger partial charge in [-0.25, -0.2) is 0 Å². The second-order valence-corrected chi connectivity index (χ2v) is 5.39. The predicted molar refractivity (Wildman–Crippen MR) is 82.2 cm³/mol. The summed E-state index contributed by atoms with van der Waals surface area (Å²) in [5.41, 5.74) is 1.32. The van der Waals surface area contributed by atoms with Gasteiger partial charge < -0.3 is 14.7 Å². The summed E-state index contributed by atoms with van der Waals surface area (Å²) in [5.74, 6) is 0. The van der Waals surface area contributed by atoms with Crippen molar-refractivity contribution in [2.75, 3.05) is 51.4 Å². The molecule has 1 atom stereocenters. The molecule has 1 unspecified atom stereocenters. The smallest absolute Gasteiger partial charge is 0.0698 e. The molecule has 1 fully saturated rings. The van der Waals surface area contributed by atoms with Crippen LogP contribution < -0.4 is 4.90 Å². The molecular formula is C16H26N2O2. The van der Waals surface area contributed by atoms with Crippen LogP contribution in [0, 0.1) is 0 Å². The predicted octanol–water partition coefficient (Wildman–Crippen LogP) is 1.60. The van der Waals surface area contributed by atoms with Crippen LogP contribution in [0.25, 0.3) is 0 Å². The van der Waals surface area contributed by atoms with Gasteiger partial charge in [0.05, 0.1) is 19.8 Å². The number of benzene rings is 1. The van der Waals surface area contributed by atoms with Crippen molar-refractivity contribution in [1.29, 1.82) is 0 Å². The van der Waals surface area contributed by atoms with Crippen LogP contribution in [0.2, 0.25) is 0 Å². The molecule has 0 bridgehead atoms. The average Bonchev–Trinajstić information content (AvgIpc) is 2.52. The lowest BCUT2D eigenvalue weighted by Gasteiger charge is -2.38. The van der Waals surface area contributed by atoms with Crippen LogP contribution in [-0.2, 0) is 4.74 Å². The maximum Gasteiger partial charge on any atom is 0.0698 e. The van der Waals surface area contributed by atoms with E-state index in [1.165, 1.54) is 18.5 Å². The van der Waals surface area contributed by atoms with Gasteiger partial charge >= 0.3 is 0 Å². The van der Waals surface area contributed by atoms with E-state index >= 15 is 0 Å². The van der Waals surface area contributed by atoms with E-state index < -0.39 is 0 Å². The van der Waals surface area contributed by atoms with Gasteiger partial charge in [0.1, 0.15) is 0 Å². The summed E-state index contributed by atoms with van der Waals surface area (Å²) in [6.45, 7) is 4.39. The van der Waals surface area contributed by atoms with Crippen molar-refractivity contribution < 1.29 is 9.84 Å². The summed E-state index contributed by atoms with van der Waals surface area (Å²) in [7, 11) is 2.17. The summed E-state index contributed by atoms with van der Waals surface area (Å²) in [6.07, 6.45) is 2.49. The first-order valence-corrected chi connectivity index (χ1v) is 7.50. The maximum absolute atomic E-state index is 8.70. The summed E-state index contributed by atoms with van der Waals surface area (Å²) in [6, 6.07) is 11.2. The van der Waals surface area contributed by atoms with Crippen molar-refractivity contribution in [2.24, 2.45) is 0 Å². The molecule has 0 spiro atoms. The van der Waals surface area contributed by atoms with Crippen molar-refractivity contribution in [3.63, 3.8) is 0 Å². The lowest BCUT2D eigenvalue weighted by atomic mass is 10.0. The Morgan fingerprint density at radius 2 is 2.10 bits per heavy atom. The molecule has 4 heteroatoms. The van der Waals surface area contributed by atoms with Crippen molar-refractivity contribution in [3.05, 3.63) is 30.3 Å². The van der Waals surface area contributed by atoms with Gasteiger partial charge in [-0.15, -0.1) is 0 Å². The SMILES string of the molecule is CN(CCOCCO)C1CCCN(c2ccccc2)C1. The van der Waals surface area contributed by atoms with Gasteiger partial charge in [-0.2, -0.15) is 0 Å². The fraction of sp³-hybridized carbons (Fsp3) is 0.625. The molecule has 1 aliphatic rings. The zero-order valence-corrected chi connectivity index (χ0v) is 12.4. The lowest BCUT2D eigenvalue weighted by Crippen LogP contribution is -2.47. The van der Waals surface area contributed by atoms with Crippen molar-refractivity contribution in [3.8, 4) is 0 Å². The third-order valence-corrected chi connectivity index (χ3v) is 3.97. The Morgan fingerprint density at radius 3 is 2.85 bits per heavy atom. The summed E-state index contributed by atoms with van der Waals surface area (Å²) < 4.78 is 5.35. The number of piperidine rings is 1. The van der Waals surface area contributed by atoms with Gasteiger partial charge in [0.15, 0.2) is 0 Å². The third-order valence-electron chi connectivity index (χ3n) is 3.97. The molecule has 1 saturated heterocycles. The first kappa shape index (κ1) is 15.3. The van der Waals surface area contributed by atoms with E-state index in [1.807, 2.05) is 0 Å². The summed E-state index contributed by atoms with van der Waals surface area (Å²) >= 11 is 0. The Hall–Kier alpha value is -1.10. The highest BCUT2D eigenvalue weighted by Gasteiger charge is 2.23. The first-order valence-electron chi connectivity index (χ1n) is 7.50. The minimum Gasteiger partial charge on any atom is -0.394 e. The Morgan fingerprint density at radius 1 is 1.30 bits per heavy atom. The van der Waals surface area contributed by atoms with Crippen LogP contribution in [0.1, 0.15) is 12.8 Å². The Kier molecular flexibility index (Phi) is 6.30.